The van der Waals surface area contributed by atoms with Crippen molar-refractivity contribution in [2.75, 3.05) is 12.9 Å². The van der Waals surface area contributed by atoms with Crippen molar-refractivity contribution in [3.63, 3.8) is 0 Å². The first-order chi connectivity index (χ1) is 13.6. The Morgan fingerprint density at radius 3 is 2.54 bits per heavy atom. The van der Waals surface area contributed by atoms with Crippen LogP contribution in [0.3, 0.4) is 0 Å². The number of carbonyl (C=O) groups is 2. The van der Waals surface area contributed by atoms with Crippen molar-refractivity contribution in [3.05, 3.63) is 11.8 Å². The highest BCUT2D eigenvalue weighted by molar-refractivity contribution is 7.99. The number of nitrogens with one attached hydrogen (secondary N) is 1. The zero-order valence-electron chi connectivity index (χ0n) is 17.1. The summed E-state index contributed by atoms with van der Waals surface area (Å²) >= 11 is 1.72. The molecule has 0 unspecified atom stereocenters. The molecule has 0 spiro atoms. The monoisotopic (exact) mass is 407 g/mol. The van der Waals surface area contributed by atoms with Crippen LogP contribution in [0.2, 0.25) is 0 Å². The second-order valence-electron chi connectivity index (χ2n) is 7.99. The summed E-state index contributed by atoms with van der Waals surface area (Å²) in [4.78, 5) is 24.7. The lowest BCUT2D eigenvalue weighted by atomic mass is 9.86. The van der Waals surface area contributed by atoms with Crippen LogP contribution in [-0.2, 0) is 9.53 Å². The summed E-state index contributed by atoms with van der Waals surface area (Å²) in [5.41, 5.74) is 0.708. The molecule has 2 aliphatic carbocycles. The van der Waals surface area contributed by atoms with Crippen LogP contribution in [-0.4, -0.2) is 40.6 Å². The minimum absolute atomic E-state index is 0.00220. The number of esters is 1. The lowest BCUT2D eigenvalue weighted by Gasteiger charge is -2.28. The predicted molar refractivity (Wildman–Crippen MR) is 111 cm³/mol. The van der Waals surface area contributed by atoms with E-state index in [0.29, 0.717) is 11.6 Å². The molecule has 1 amide bonds. The number of thioether (sulfide) groups is 1. The molecule has 2 saturated carbocycles. The number of methoxy groups -OCH3 is 1. The normalized spacial score (nSPS) is 23.4. The molecule has 3 rings (SSSR count). The van der Waals surface area contributed by atoms with Crippen LogP contribution in [0.1, 0.15) is 87.5 Å². The third-order valence-corrected chi connectivity index (χ3v) is 7.25. The Kier molecular flexibility index (Phi) is 7.82. The van der Waals surface area contributed by atoms with Crippen LogP contribution in [0.15, 0.2) is 11.2 Å². The van der Waals surface area contributed by atoms with Crippen LogP contribution >= 0.6 is 11.8 Å². The van der Waals surface area contributed by atoms with Gasteiger partial charge in [0.25, 0.3) is 5.91 Å². The van der Waals surface area contributed by atoms with Crippen LogP contribution in [0.4, 0.5) is 0 Å². The molecule has 156 valence electrons. The van der Waals surface area contributed by atoms with E-state index in [1.165, 1.54) is 26.4 Å². The molecule has 6 nitrogen and oxygen atoms in total. The molecule has 1 aromatic rings. The SMILES string of the molecule is CCCSc1c(C(=O)NC2CCCCC2)cnn1C1CCC(C(=O)OC)CC1. The molecule has 2 fully saturated rings. The number of hydrogen-bond donors (Lipinski definition) is 1. The molecule has 28 heavy (non-hydrogen) atoms. The Bertz CT molecular complexity index is 662. The number of aromatic nitrogens is 2. The van der Waals surface area contributed by atoms with Gasteiger partial charge in [-0.3, -0.25) is 14.3 Å². The summed E-state index contributed by atoms with van der Waals surface area (Å²) in [5.74, 6) is 0.872. The topological polar surface area (TPSA) is 73.2 Å². The van der Waals surface area contributed by atoms with E-state index in [1.807, 2.05) is 4.68 Å². The first kappa shape index (κ1) is 21.2. The number of hydrogen-bond acceptors (Lipinski definition) is 5. The van der Waals surface area contributed by atoms with E-state index >= 15 is 0 Å². The van der Waals surface area contributed by atoms with Gasteiger partial charge in [-0.2, -0.15) is 5.10 Å². The zero-order valence-corrected chi connectivity index (χ0v) is 17.9. The van der Waals surface area contributed by atoms with Crippen molar-refractivity contribution in [2.24, 2.45) is 5.92 Å². The summed E-state index contributed by atoms with van der Waals surface area (Å²) in [5, 5.41) is 8.83. The molecule has 0 saturated heterocycles. The first-order valence-corrected chi connectivity index (χ1v) is 11.7. The highest BCUT2D eigenvalue weighted by Crippen LogP contribution is 2.36. The zero-order chi connectivity index (χ0) is 19.9. The number of ether oxygens (including phenoxy) is 1. The minimum atomic E-state index is -0.105. The fourth-order valence-electron chi connectivity index (χ4n) is 4.34. The Morgan fingerprint density at radius 2 is 1.89 bits per heavy atom. The molecular weight excluding hydrogens is 374 g/mol. The van der Waals surface area contributed by atoms with Crippen molar-refractivity contribution < 1.29 is 14.3 Å². The average Bonchev–Trinajstić information content (AvgIpc) is 3.16. The fraction of sp³-hybridized carbons (Fsp3) is 0.762. The highest BCUT2D eigenvalue weighted by Gasteiger charge is 2.31. The number of rotatable bonds is 7. The van der Waals surface area contributed by atoms with E-state index in [4.69, 9.17) is 4.74 Å². The van der Waals surface area contributed by atoms with Crippen molar-refractivity contribution in [3.8, 4) is 0 Å². The third-order valence-electron chi connectivity index (χ3n) is 5.95. The third kappa shape index (κ3) is 5.10. The quantitative estimate of drug-likeness (QED) is 0.537. The smallest absolute Gasteiger partial charge is 0.308 e. The van der Waals surface area contributed by atoms with Crippen molar-refractivity contribution in [2.45, 2.75) is 88.2 Å². The Balaban J connectivity index is 1.71. The molecule has 7 heteroatoms. The van der Waals surface area contributed by atoms with E-state index in [1.54, 1.807) is 18.0 Å². The van der Waals surface area contributed by atoms with E-state index in [2.05, 4.69) is 17.3 Å². The molecule has 0 aromatic carbocycles. The Labute approximate surface area is 172 Å². The minimum Gasteiger partial charge on any atom is -0.469 e. The van der Waals surface area contributed by atoms with Gasteiger partial charge in [0, 0.05) is 6.04 Å². The summed E-state index contributed by atoms with van der Waals surface area (Å²) < 4.78 is 6.94. The van der Waals surface area contributed by atoms with Crippen molar-refractivity contribution in [1.29, 1.82) is 0 Å². The average molecular weight is 408 g/mol. The predicted octanol–water partition coefficient (Wildman–Crippen LogP) is 4.35. The molecule has 0 radical (unpaired) electrons. The number of nitrogens with zero attached hydrogens (tertiary/aromatic N) is 2. The van der Waals surface area contributed by atoms with Gasteiger partial charge in [0.2, 0.25) is 0 Å². The van der Waals surface area contributed by atoms with E-state index in [9.17, 15) is 9.59 Å². The van der Waals surface area contributed by atoms with Crippen LogP contribution in [0.25, 0.3) is 0 Å². The molecule has 2 aliphatic rings. The summed E-state index contributed by atoms with van der Waals surface area (Å²) in [6, 6.07) is 0.542. The lowest BCUT2D eigenvalue weighted by molar-refractivity contribution is -0.146. The molecule has 1 aromatic heterocycles. The second kappa shape index (κ2) is 10.3. The van der Waals surface area contributed by atoms with Gasteiger partial charge in [-0.25, -0.2) is 0 Å². The van der Waals surface area contributed by atoms with Gasteiger partial charge in [-0.05, 0) is 50.7 Å². The molecular formula is C21H33N3O3S. The molecule has 0 bridgehead atoms. The number of carbonyl (C=O) groups excluding carboxylic acids is 2. The molecule has 0 aliphatic heterocycles. The first-order valence-electron chi connectivity index (χ1n) is 10.7. The van der Waals surface area contributed by atoms with Gasteiger partial charge in [-0.1, -0.05) is 26.2 Å². The van der Waals surface area contributed by atoms with Gasteiger partial charge < -0.3 is 10.1 Å². The maximum Gasteiger partial charge on any atom is 0.308 e. The van der Waals surface area contributed by atoms with Gasteiger partial charge in [0.1, 0.15) is 5.03 Å². The van der Waals surface area contributed by atoms with Gasteiger partial charge in [0.05, 0.1) is 30.8 Å². The van der Waals surface area contributed by atoms with Crippen LogP contribution in [0, 0.1) is 5.92 Å². The van der Waals surface area contributed by atoms with Gasteiger partial charge in [0.15, 0.2) is 0 Å². The van der Waals surface area contributed by atoms with Gasteiger partial charge in [-0.15, -0.1) is 11.8 Å². The highest BCUT2D eigenvalue weighted by atomic mass is 32.2. The maximum atomic E-state index is 12.9. The number of amides is 1. The maximum absolute atomic E-state index is 12.9. The Morgan fingerprint density at radius 1 is 1.18 bits per heavy atom. The van der Waals surface area contributed by atoms with E-state index in [-0.39, 0.29) is 23.8 Å². The largest absolute Gasteiger partial charge is 0.469 e. The van der Waals surface area contributed by atoms with E-state index in [0.717, 1.165) is 55.7 Å². The van der Waals surface area contributed by atoms with Crippen LogP contribution < -0.4 is 5.32 Å². The molecule has 0 atom stereocenters. The standard InChI is InChI=1S/C21H33N3O3S/c1-3-13-28-20-18(19(25)23-16-7-5-4-6-8-16)14-22-24(20)17-11-9-15(10-12-17)21(26)27-2/h14-17H,3-13H2,1-2H3,(H,23,25). The van der Waals surface area contributed by atoms with Gasteiger partial charge >= 0.3 is 5.97 Å². The summed E-state index contributed by atoms with van der Waals surface area (Å²) in [6.07, 6.45) is 12.0. The molecule has 1 heterocycles. The van der Waals surface area contributed by atoms with E-state index < -0.39 is 0 Å². The second-order valence-corrected chi connectivity index (χ2v) is 9.08. The lowest BCUT2D eigenvalue weighted by Crippen LogP contribution is -2.36. The van der Waals surface area contributed by atoms with Crippen LogP contribution in [0.5, 0.6) is 0 Å². The van der Waals surface area contributed by atoms with Crippen molar-refractivity contribution in [1.82, 2.24) is 15.1 Å². The Hall–Kier alpha value is -1.50. The van der Waals surface area contributed by atoms with Crippen molar-refractivity contribution >= 4 is 23.6 Å². The fourth-order valence-corrected chi connectivity index (χ4v) is 5.37. The molecule has 1 N–H and O–H groups in total. The summed E-state index contributed by atoms with van der Waals surface area (Å²) in [6.45, 7) is 2.15. The summed E-state index contributed by atoms with van der Waals surface area (Å²) in [7, 11) is 1.46.